The molecule has 0 spiro atoms. The minimum absolute atomic E-state index is 0.156. The number of aromatic nitrogens is 2. The predicted octanol–water partition coefficient (Wildman–Crippen LogP) is 5.38. The number of benzene rings is 3. The summed E-state index contributed by atoms with van der Waals surface area (Å²) in [6.07, 6.45) is 0. The molecule has 6 nitrogen and oxygen atoms in total. The topological polar surface area (TPSA) is 77.2 Å². The Morgan fingerprint density at radius 1 is 1.00 bits per heavy atom. The number of hydrogen-bond donors (Lipinski definition) is 1. The van der Waals surface area contributed by atoms with Crippen LogP contribution in [0.2, 0.25) is 5.02 Å². The van der Waals surface area contributed by atoms with Gasteiger partial charge < -0.3 is 14.6 Å². The van der Waals surface area contributed by atoms with E-state index in [0.29, 0.717) is 33.4 Å². The number of carbonyl (C=O) groups is 1. The Kier molecular flexibility index (Phi) is 5.77. The van der Waals surface area contributed by atoms with Crippen LogP contribution >= 0.6 is 11.6 Å². The SMILES string of the molecule is Cc1ccc(NC(=O)COc2ccccc2-c2nc(-c3ccccc3Cl)no2)cc1. The van der Waals surface area contributed by atoms with Gasteiger partial charge in [0.05, 0.1) is 10.6 Å². The van der Waals surface area contributed by atoms with E-state index < -0.39 is 0 Å². The van der Waals surface area contributed by atoms with Crippen LogP contribution in [0.25, 0.3) is 22.8 Å². The second kappa shape index (κ2) is 8.80. The first-order chi connectivity index (χ1) is 14.6. The van der Waals surface area contributed by atoms with Crippen molar-refractivity contribution < 1.29 is 14.1 Å². The Morgan fingerprint density at radius 2 is 1.70 bits per heavy atom. The second-order valence-electron chi connectivity index (χ2n) is 6.60. The molecular formula is C23H18ClN3O3. The lowest BCUT2D eigenvalue weighted by Crippen LogP contribution is -2.20. The molecule has 0 bridgehead atoms. The van der Waals surface area contributed by atoms with Gasteiger partial charge in [0.25, 0.3) is 11.8 Å². The average molecular weight is 420 g/mol. The third-order valence-electron chi connectivity index (χ3n) is 4.35. The van der Waals surface area contributed by atoms with Crippen LogP contribution in [-0.2, 0) is 4.79 Å². The standard InChI is InChI=1S/C23H18ClN3O3/c1-15-10-12-16(13-11-15)25-21(28)14-29-20-9-5-3-7-18(20)23-26-22(27-30-23)17-6-2-4-8-19(17)24/h2-13H,14H2,1H3,(H,25,28). The molecule has 7 heteroatoms. The zero-order valence-electron chi connectivity index (χ0n) is 16.1. The van der Waals surface area contributed by atoms with E-state index in [1.54, 1.807) is 18.2 Å². The molecule has 0 saturated heterocycles. The smallest absolute Gasteiger partial charge is 0.262 e. The van der Waals surface area contributed by atoms with Gasteiger partial charge in [0.15, 0.2) is 6.61 Å². The highest BCUT2D eigenvalue weighted by Gasteiger charge is 2.17. The molecule has 0 aliphatic heterocycles. The maximum Gasteiger partial charge on any atom is 0.262 e. The largest absolute Gasteiger partial charge is 0.483 e. The summed E-state index contributed by atoms with van der Waals surface area (Å²) < 4.78 is 11.1. The molecule has 0 aliphatic rings. The van der Waals surface area contributed by atoms with Crippen LogP contribution in [0.4, 0.5) is 5.69 Å². The lowest BCUT2D eigenvalue weighted by molar-refractivity contribution is -0.118. The molecule has 0 atom stereocenters. The molecule has 150 valence electrons. The van der Waals surface area contributed by atoms with Crippen molar-refractivity contribution >= 4 is 23.2 Å². The van der Waals surface area contributed by atoms with Gasteiger partial charge in [-0.25, -0.2) is 0 Å². The monoisotopic (exact) mass is 419 g/mol. The van der Waals surface area contributed by atoms with Crippen LogP contribution in [0.15, 0.2) is 77.3 Å². The van der Waals surface area contributed by atoms with Crippen LogP contribution in [0, 0.1) is 6.92 Å². The summed E-state index contributed by atoms with van der Waals surface area (Å²) in [5.41, 5.74) is 3.09. The molecule has 0 fully saturated rings. The van der Waals surface area contributed by atoms with E-state index in [-0.39, 0.29) is 18.4 Å². The van der Waals surface area contributed by atoms with Crippen molar-refractivity contribution in [3.8, 4) is 28.6 Å². The first-order valence-electron chi connectivity index (χ1n) is 9.27. The summed E-state index contributed by atoms with van der Waals surface area (Å²) in [7, 11) is 0. The highest BCUT2D eigenvalue weighted by Crippen LogP contribution is 2.32. The van der Waals surface area contributed by atoms with E-state index in [1.165, 1.54) is 0 Å². The number of rotatable bonds is 6. The normalized spacial score (nSPS) is 10.6. The number of hydrogen-bond acceptors (Lipinski definition) is 5. The lowest BCUT2D eigenvalue weighted by Gasteiger charge is -2.10. The lowest BCUT2D eigenvalue weighted by atomic mass is 10.2. The van der Waals surface area contributed by atoms with Crippen LogP contribution in [0.3, 0.4) is 0 Å². The van der Waals surface area contributed by atoms with Gasteiger partial charge in [-0.3, -0.25) is 4.79 Å². The van der Waals surface area contributed by atoms with E-state index >= 15 is 0 Å². The average Bonchev–Trinajstić information content (AvgIpc) is 3.24. The van der Waals surface area contributed by atoms with Crippen LogP contribution in [-0.4, -0.2) is 22.7 Å². The van der Waals surface area contributed by atoms with Gasteiger partial charge in [-0.1, -0.05) is 58.7 Å². The van der Waals surface area contributed by atoms with Crippen molar-refractivity contribution in [1.29, 1.82) is 0 Å². The molecule has 1 N–H and O–H groups in total. The quantitative estimate of drug-likeness (QED) is 0.453. The minimum Gasteiger partial charge on any atom is -0.483 e. The highest BCUT2D eigenvalue weighted by atomic mass is 35.5. The summed E-state index contributed by atoms with van der Waals surface area (Å²) in [4.78, 5) is 16.7. The molecule has 1 aromatic heterocycles. The Labute approximate surface area is 178 Å². The number of carbonyl (C=O) groups excluding carboxylic acids is 1. The summed E-state index contributed by atoms with van der Waals surface area (Å²) in [5, 5.41) is 7.35. The molecule has 3 aromatic carbocycles. The molecule has 1 heterocycles. The summed E-state index contributed by atoms with van der Waals surface area (Å²) in [5.74, 6) is 0.851. The Balaban J connectivity index is 1.49. The number of nitrogens with one attached hydrogen (secondary N) is 1. The number of para-hydroxylation sites is 1. The number of amides is 1. The van der Waals surface area contributed by atoms with E-state index in [1.807, 2.05) is 61.5 Å². The van der Waals surface area contributed by atoms with Crippen molar-refractivity contribution in [3.63, 3.8) is 0 Å². The van der Waals surface area contributed by atoms with E-state index in [0.717, 1.165) is 5.56 Å². The van der Waals surface area contributed by atoms with Crippen molar-refractivity contribution in [2.24, 2.45) is 0 Å². The molecular weight excluding hydrogens is 402 g/mol. The van der Waals surface area contributed by atoms with Gasteiger partial charge >= 0.3 is 0 Å². The zero-order valence-corrected chi connectivity index (χ0v) is 16.9. The van der Waals surface area contributed by atoms with Crippen LogP contribution in [0.1, 0.15) is 5.56 Å². The molecule has 0 saturated carbocycles. The molecule has 4 rings (SSSR count). The molecule has 30 heavy (non-hydrogen) atoms. The molecule has 4 aromatic rings. The van der Waals surface area contributed by atoms with E-state index in [9.17, 15) is 4.79 Å². The van der Waals surface area contributed by atoms with Gasteiger partial charge in [0.1, 0.15) is 5.75 Å². The molecule has 0 radical (unpaired) electrons. The van der Waals surface area contributed by atoms with Gasteiger partial charge in [-0.15, -0.1) is 0 Å². The van der Waals surface area contributed by atoms with Crippen molar-refractivity contribution in [2.45, 2.75) is 6.92 Å². The molecule has 0 aliphatic carbocycles. The van der Waals surface area contributed by atoms with Crippen molar-refractivity contribution in [2.75, 3.05) is 11.9 Å². The fourth-order valence-electron chi connectivity index (χ4n) is 2.83. The summed E-state index contributed by atoms with van der Waals surface area (Å²) >= 11 is 6.21. The molecule has 1 amide bonds. The summed E-state index contributed by atoms with van der Waals surface area (Å²) in [6, 6.07) is 22.0. The Hall–Kier alpha value is -3.64. The maximum absolute atomic E-state index is 12.2. The third-order valence-corrected chi connectivity index (χ3v) is 4.68. The van der Waals surface area contributed by atoms with E-state index in [4.69, 9.17) is 20.9 Å². The van der Waals surface area contributed by atoms with Crippen LogP contribution < -0.4 is 10.1 Å². The Morgan fingerprint density at radius 3 is 2.47 bits per heavy atom. The van der Waals surface area contributed by atoms with Crippen molar-refractivity contribution in [3.05, 3.63) is 83.4 Å². The number of halogens is 1. The van der Waals surface area contributed by atoms with Gasteiger partial charge in [-0.2, -0.15) is 4.98 Å². The first kappa shape index (κ1) is 19.7. The fourth-order valence-corrected chi connectivity index (χ4v) is 3.05. The number of nitrogens with zero attached hydrogens (tertiary/aromatic N) is 2. The zero-order chi connectivity index (χ0) is 20.9. The molecule has 0 unspecified atom stereocenters. The number of ether oxygens (including phenoxy) is 1. The second-order valence-corrected chi connectivity index (χ2v) is 7.01. The van der Waals surface area contributed by atoms with Gasteiger partial charge in [0.2, 0.25) is 5.82 Å². The van der Waals surface area contributed by atoms with Crippen molar-refractivity contribution in [1.82, 2.24) is 10.1 Å². The number of anilines is 1. The fraction of sp³-hybridized carbons (Fsp3) is 0.0870. The van der Waals surface area contributed by atoms with Gasteiger partial charge in [0, 0.05) is 11.3 Å². The van der Waals surface area contributed by atoms with Gasteiger partial charge in [-0.05, 0) is 43.3 Å². The third kappa shape index (κ3) is 4.50. The minimum atomic E-state index is -0.268. The van der Waals surface area contributed by atoms with Crippen LogP contribution in [0.5, 0.6) is 5.75 Å². The number of aryl methyl sites for hydroxylation is 1. The Bertz CT molecular complexity index is 1170. The van der Waals surface area contributed by atoms with E-state index in [2.05, 4.69) is 15.5 Å². The highest BCUT2D eigenvalue weighted by molar-refractivity contribution is 6.33. The predicted molar refractivity (Wildman–Crippen MR) is 115 cm³/mol. The first-order valence-corrected chi connectivity index (χ1v) is 9.65. The summed E-state index contributed by atoms with van der Waals surface area (Å²) in [6.45, 7) is 1.83. The maximum atomic E-state index is 12.2.